The number of Topliss-reactive ketones (excluding diaryl/α,β-unsaturated/α-hetero) is 1. The molecule has 0 radical (unpaired) electrons. The second-order valence-corrected chi connectivity index (χ2v) is 3.88. The Morgan fingerprint density at radius 1 is 1.17 bits per heavy atom. The van der Waals surface area contributed by atoms with Gasteiger partial charge in [-0.3, -0.25) is 9.59 Å². The fraction of sp³-hybridized carbons (Fsp3) is 0.333. The summed E-state index contributed by atoms with van der Waals surface area (Å²) in [6, 6.07) is 0.758. The Bertz CT molecular complexity index is 460. The van der Waals surface area contributed by atoms with Gasteiger partial charge in [-0.25, -0.2) is 13.2 Å². The average molecular weight is 260 g/mol. The van der Waals surface area contributed by atoms with Gasteiger partial charge in [0.1, 0.15) is 23.9 Å². The summed E-state index contributed by atoms with van der Waals surface area (Å²) in [6.07, 6.45) is -1.23. The van der Waals surface area contributed by atoms with Crippen LogP contribution in [0.15, 0.2) is 12.1 Å². The van der Waals surface area contributed by atoms with Gasteiger partial charge in [0, 0.05) is 12.1 Å². The zero-order chi connectivity index (χ0) is 13.9. The molecule has 3 nitrogen and oxygen atoms in total. The van der Waals surface area contributed by atoms with E-state index < -0.39 is 47.3 Å². The highest BCUT2D eigenvalue weighted by Crippen LogP contribution is 2.17. The molecule has 1 aromatic rings. The van der Waals surface area contributed by atoms with E-state index in [1.54, 1.807) is 13.8 Å². The maximum Gasteiger partial charge on any atom is 0.313 e. The molecule has 0 unspecified atom stereocenters. The molecule has 18 heavy (non-hydrogen) atoms. The van der Waals surface area contributed by atoms with Gasteiger partial charge in [0.05, 0.1) is 11.7 Å². The third kappa shape index (κ3) is 3.58. The predicted molar refractivity (Wildman–Crippen MR) is 56.5 cm³/mol. The third-order valence-corrected chi connectivity index (χ3v) is 1.96. The number of esters is 1. The first-order valence-corrected chi connectivity index (χ1v) is 5.18. The van der Waals surface area contributed by atoms with Gasteiger partial charge >= 0.3 is 5.97 Å². The van der Waals surface area contributed by atoms with Crippen molar-refractivity contribution in [3.05, 3.63) is 35.1 Å². The summed E-state index contributed by atoms with van der Waals surface area (Å²) in [6.45, 7) is 3.14. The number of halogens is 3. The van der Waals surface area contributed by atoms with Crippen LogP contribution in [0.25, 0.3) is 0 Å². The smallest absolute Gasteiger partial charge is 0.313 e. The first-order chi connectivity index (χ1) is 8.31. The second kappa shape index (κ2) is 5.66. The molecular formula is C12H11F3O3. The first kappa shape index (κ1) is 14.2. The van der Waals surface area contributed by atoms with E-state index in [1.807, 2.05) is 0 Å². The number of hydrogen-bond acceptors (Lipinski definition) is 3. The molecule has 1 aromatic carbocycles. The molecule has 6 heteroatoms. The van der Waals surface area contributed by atoms with Crippen LogP contribution in [0, 0.1) is 17.5 Å². The summed E-state index contributed by atoms with van der Waals surface area (Å²) in [7, 11) is 0. The van der Waals surface area contributed by atoms with Gasteiger partial charge in [-0.15, -0.1) is 0 Å². The van der Waals surface area contributed by atoms with Gasteiger partial charge in [-0.05, 0) is 13.8 Å². The van der Waals surface area contributed by atoms with Crippen molar-refractivity contribution < 1.29 is 27.5 Å². The van der Waals surface area contributed by atoms with Crippen molar-refractivity contribution in [2.45, 2.75) is 26.4 Å². The molecule has 0 fully saturated rings. The zero-order valence-corrected chi connectivity index (χ0v) is 9.80. The summed E-state index contributed by atoms with van der Waals surface area (Å²) < 4.78 is 43.7. The predicted octanol–water partition coefficient (Wildman–Crippen LogP) is 2.63. The fourth-order valence-electron chi connectivity index (χ4n) is 1.33. The molecule has 0 spiro atoms. The summed E-state index contributed by atoms with van der Waals surface area (Å²) in [4.78, 5) is 22.7. The highest BCUT2D eigenvalue weighted by molar-refractivity contribution is 6.06. The summed E-state index contributed by atoms with van der Waals surface area (Å²) in [5.41, 5.74) is -0.933. The molecule has 0 aliphatic carbocycles. The molecule has 0 bridgehead atoms. The molecule has 0 N–H and O–H groups in total. The van der Waals surface area contributed by atoms with Crippen molar-refractivity contribution in [1.82, 2.24) is 0 Å². The largest absolute Gasteiger partial charge is 0.463 e. The van der Waals surface area contributed by atoms with E-state index in [9.17, 15) is 22.8 Å². The molecule has 0 saturated heterocycles. The lowest BCUT2D eigenvalue weighted by molar-refractivity contribution is -0.146. The molecular weight excluding hydrogens is 249 g/mol. The van der Waals surface area contributed by atoms with Crippen LogP contribution >= 0.6 is 0 Å². The SMILES string of the molecule is CC(C)OC(=O)CC(=O)c1c(F)cc(F)cc1F. The van der Waals surface area contributed by atoms with Crippen LogP contribution < -0.4 is 0 Å². The Balaban J connectivity index is 2.88. The van der Waals surface area contributed by atoms with E-state index in [2.05, 4.69) is 4.74 Å². The zero-order valence-electron chi connectivity index (χ0n) is 9.80. The van der Waals surface area contributed by atoms with Crippen LogP contribution in [0.3, 0.4) is 0 Å². The van der Waals surface area contributed by atoms with E-state index >= 15 is 0 Å². The second-order valence-electron chi connectivity index (χ2n) is 3.88. The van der Waals surface area contributed by atoms with E-state index in [4.69, 9.17) is 0 Å². The Hall–Kier alpha value is -1.85. The molecule has 0 saturated carbocycles. The van der Waals surface area contributed by atoms with Gasteiger partial charge < -0.3 is 4.74 Å². The van der Waals surface area contributed by atoms with Crippen LogP contribution in [0.4, 0.5) is 13.2 Å². The molecule has 0 atom stereocenters. The molecule has 0 aromatic heterocycles. The van der Waals surface area contributed by atoms with E-state index in [1.165, 1.54) is 0 Å². The van der Waals surface area contributed by atoms with Gasteiger partial charge in [0.2, 0.25) is 0 Å². The van der Waals surface area contributed by atoms with Crippen LogP contribution in [-0.2, 0) is 9.53 Å². The quantitative estimate of drug-likeness (QED) is 0.475. The lowest BCUT2D eigenvalue weighted by Crippen LogP contribution is -2.17. The van der Waals surface area contributed by atoms with Crippen molar-refractivity contribution in [2.75, 3.05) is 0 Å². The third-order valence-electron chi connectivity index (χ3n) is 1.96. The number of hydrogen-bond donors (Lipinski definition) is 0. The monoisotopic (exact) mass is 260 g/mol. The summed E-state index contributed by atoms with van der Waals surface area (Å²) in [5, 5.41) is 0. The normalized spacial score (nSPS) is 10.6. The highest BCUT2D eigenvalue weighted by atomic mass is 19.1. The summed E-state index contributed by atoms with van der Waals surface area (Å²) >= 11 is 0. The van der Waals surface area contributed by atoms with Crippen LogP contribution in [0.2, 0.25) is 0 Å². The minimum absolute atomic E-state index is 0.379. The molecule has 0 heterocycles. The van der Waals surface area contributed by atoms with Gasteiger partial charge in [0.25, 0.3) is 0 Å². The molecule has 0 aliphatic heterocycles. The van der Waals surface area contributed by atoms with Crippen LogP contribution in [0.1, 0.15) is 30.6 Å². The van der Waals surface area contributed by atoms with Crippen LogP contribution in [-0.4, -0.2) is 17.9 Å². The number of ether oxygens (including phenoxy) is 1. The minimum atomic E-state index is -1.34. The number of rotatable bonds is 4. The highest BCUT2D eigenvalue weighted by Gasteiger charge is 2.22. The average Bonchev–Trinajstić information content (AvgIpc) is 2.12. The van der Waals surface area contributed by atoms with Crippen molar-refractivity contribution in [3.8, 4) is 0 Å². The fourth-order valence-corrected chi connectivity index (χ4v) is 1.33. The van der Waals surface area contributed by atoms with Crippen molar-refractivity contribution in [2.24, 2.45) is 0 Å². The lowest BCUT2D eigenvalue weighted by Gasteiger charge is -2.08. The number of benzene rings is 1. The Kier molecular flexibility index (Phi) is 4.47. The van der Waals surface area contributed by atoms with Crippen molar-refractivity contribution >= 4 is 11.8 Å². The maximum absolute atomic E-state index is 13.2. The van der Waals surface area contributed by atoms with Gasteiger partial charge in [-0.2, -0.15) is 0 Å². The van der Waals surface area contributed by atoms with Gasteiger partial charge in [-0.1, -0.05) is 0 Å². The number of ketones is 1. The topological polar surface area (TPSA) is 43.4 Å². The first-order valence-electron chi connectivity index (χ1n) is 5.18. The van der Waals surface area contributed by atoms with E-state index in [0.717, 1.165) is 0 Å². The molecule has 0 aliphatic rings. The molecule has 0 amide bonds. The van der Waals surface area contributed by atoms with Crippen molar-refractivity contribution in [3.63, 3.8) is 0 Å². The number of carbonyl (C=O) groups is 2. The van der Waals surface area contributed by atoms with Crippen molar-refractivity contribution in [1.29, 1.82) is 0 Å². The molecule has 98 valence electrons. The summed E-state index contributed by atoms with van der Waals surface area (Å²) in [5.74, 6) is -5.79. The van der Waals surface area contributed by atoms with E-state index in [0.29, 0.717) is 12.1 Å². The Morgan fingerprint density at radius 2 is 1.67 bits per heavy atom. The van der Waals surface area contributed by atoms with Gasteiger partial charge in [0.15, 0.2) is 5.78 Å². The lowest BCUT2D eigenvalue weighted by atomic mass is 10.1. The standard InChI is InChI=1S/C12H11F3O3/c1-6(2)18-11(17)5-10(16)12-8(14)3-7(13)4-9(12)15/h3-4,6H,5H2,1-2H3. The minimum Gasteiger partial charge on any atom is -0.463 e. The van der Waals surface area contributed by atoms with Crippen LogP contribution in [0.5, 0.6) is 0 Å². The molecule has 1 rings (SSSR count). The Labute approximate surface area is 102 Å². The Morgan fingerprint density at radius 3 is 2.11 bits per heavy atom. The van der Waals surface area contributed by atoms with E-state index in [-0.39, 0.29) is 0 Å². The maximum atomic E-state index is 13.2. The number of carbonyl (C=O) groups excluding carboxylic acids is 2.